The second kappa shape index (κ2) is 7.83. The predicted molar refractivity (Wildman–Crippen MR) is 91.0 cm³/mol. The summed E-state index contributed by atoms with van der Waals surface area (Å²) in [6.07, 6.45) is 0. The molecule has 1 amide bonds. The zero-order chi connectivity index (χ0) is 17.7. The SMILES string of the molecule is Cc1ccc(SCC(=O)NCc2cc([N+](=O)[O-])ccc2[O-])cc1C. The third-order valence-electron chi connectivity index (χ3n) is 3.58. The molecule has 24 heavy (non-hydrogen) atoms. The van der Waals surface area contributed by atoms with Crippen LogP contribution in [0.5, 0.6) is 5.75 Å². The lowest BCUT2D eigenvalue weighted by molar-refractivity contribution is -0.385. The Morgan fingerprint density at radius 2 is 1.92 bits per heavy atom. The third-order valence-corrected chi connectivity index (χ3v) is 4.57. The fraction of sp³-hybridized carbons (Fsp3) is 0.235. The molecule has 6 nitrogen and oxygen atoms in total. The van der Waals surface area contributed by atoms with Crippen molar-refractivity contribution in [3.63, 3.8) is 0 Å². The maximum Gasteiger partial charge on any atom is 0.269 e. The van der Waals surface area contributed by atoms with Gasteiger partial charge in [-0.3, -0.25) is 14.9 Å². The van der Waals surface area contributed by atoms with Gasteiger partial charge in [0.2, 0.25) is 5.91 Å². The third kappa shape index (κ3) is 4.73. The normalized spacial score (nSPS) is 10.4. The number of nitrogens with zero attached hydrogens (tertiary/aromatic N) is 1. The highest BCUT2D eigenvalue weighted by atomic mass is 32.2. The van der Waals surface area contributed by atoms with Crippen LogP contribution in [0.15, 0.2) is 41.3 Å². The Hall–Kier alpha value is -2.54. The summed E-state index contributed by atoms with van der Waals surface area (Å²) in [5.41, 5.74) is 2.39. The Labute approximate surface area is 144 Å². The summed E-state index contributed by atoms with van der Waals surface area (Å²) in [6.45, 7) is 4.01. The van der Waals surface area contributed by atoms with E-state index in [0.717, 1.165) is 22.6 Å². The van der Waals surface area contributed by atoms with Gasteiger partial charge < -0.3 is 10.4 Å². The minimum Gasteiger partial charge on any atom is -0.872 e. The van der Waals surface area contributed by atoms with Gasteiger partial charge in [-0.1, -0.05) is 12.1 Å². The molecule has 2 aromatic rings. The second-order valence-electron chi connectivity index (χ2n) is 5.36. The Morgan fingerprint density at radius 1 is 1.17 bits per heavy atom. The molecular weight excluding hydrogens is 328 g/mol. The minimum atomic E-state index is -0.569. The number of nitrogens with one attached hydrogen (secondary N) is 1. The summed E-state index contributed by atoms with van der Waals surface area (Å²) in [6, 6.07) is 9.47. The van der Waals surface area contributed by atoms with Gasteiger partial charge in [0, 0.05) is 23.6 Å². The minimum absolute atomic E-state index is 0.0210. The van der Waals surface area contributed by atoms with Crippen molar-refractivity contribution in [3.8, 4) is 5.75 Å². The van der Waals surface area contributed by atoms with E-state index in [9.17, 15) is 20.0 Å². The predicted octanol–water partition coefficient (Wildman–Crippen LogP) is 2.69. The summed E-state index contributed by atoms with van der Waals surface area (Å²) >= 11 is 1.40. The van der Waals surface area contributed by atoms with Crippen LogP contribution in [0, 0.1) is 24.0 Å². The molecule has 0 atom stereocenters. The standard InChI is InChI=1S/C17H18N2O4S/c1-11-3-5-15(7-12(11)2)24-10-17(21)18-9-13-8-14(19(22)23)4-6-16(13)20/h3-8,20H,9-10H2,1-2H3,(H,18,21)/p-1. The van der Waals surface area contributed by atoms with Gasteiger partial charge in [0.05, 0.1) is 10.7 Å². The zero-order valence-electron chi connectivity index (χ0n) is 13.4. The molecule has 0 bridgehead atoms. The lowest BCUT2D eigenvalue weighted by atomic mass is 10.1. The molecule has 2 aromatic carbocycles. The largest absolute Gasteiger partial charge is 0.872 e. The summed E-state index contributed by atoms with van der Waals surface area (Å²) in [4.78, 5) is 23.1. The highest BCUT2D eigenvalue weighted by Gasteiger charge is 2.08. The molecule has 0 aromatic heterocycles. The van der Waals surface area contributed by atoms with Gasteiger partial charge in [0.25, 0.3) is 5.69 Å². The molecule has 0 saturated carbocycles. The maximum absolute atomic E-state index is 11.9. The molecule has 0 heterocycles. The summed E-state index contributed by atoms with van der Waals surface area (Å²) in [5, 5.41) is 25.0. The van der Waals surface area contributed by atoms with Gasteiger partial charge in [0.15, 0.2) is 0 Å². The number of nitro groups is 1. The van der Waals surface area contributed by atoms with Crippen molar-refractivity contribution in [1.29, 1.82) is 0 Å². The molecule has 126 valence electrons. The first-order chi connectivity index (χ1) is 11.4. The second-order valence-corrected chi connectivity index (χ2v) is 6.41. The lowest BCUT2D eigenvalue weighted by Crippen LogP contribution is -2.25. The van der Waals surface area contributed by atoms with Crippen molar-refractivity contribution in [1.82, 2.24) is 5.32 Å². The van der Waals surface area contributed by atoms with Crippen LogP contribution in [0.1, 0.15) is 16.7 Å². The Morgan fingerprint density at radius 3 is 2.58 bits per heavy atom. The van der Waals surface area contributed by atoms with E-state index in [4.69, 9.17) is 0 Å². The molecule has 2 rings (SSSR count). The van der Waals surface area contributed by atoms with Gasteiger partial charge in [-0.05, 0) is 42.7 Å². The molecule has 0 unspecified atom stereocenters. The molecule has 0 radical (unpaired) electrons. The number of hydrogen-bond acceptors (Lipinski definition) is 5. The number of amides is 1. The molecule has 7 heteroatoms. The van der Waals surface area contributed by atoms with Gasteiger partial charge >= 0.3 is 0 Å². The maximum atomic E-state index is 11.9. The van der Waals surface area contributed by atoms with Crippen molar-refractivity contribution in [2.75, 3.05) is 5.75 Å². The number of hydrogen-bond donors (Lipinski definition) is 1. The van der Waals surface area contributed by atoms with Gasteiger partial charge in [0.1, 0.15) is 0 Å². The van der Waals surface area contributed by atoms with Crippen molar-refractivity contribution in [2.24, 2.45) is 0 Å². The van der Waals surface area contributed by atoms with Gasteiger partial charge in [-0.15, -0.1) is 17.5 Å². The van der Waals surface area contributed by atoms with Crippen LogP contribution in [0.2, 0.25) is 0 Å². The van der Waals surface area contributed by atoms with E-state index in [0.29, 0.717) is 0 Å². The first kappa shape index (κ1) is 17.8. The number of carbonyl (C=O) groups excluding carboxylic acids is 1. The molecule has 1 N–H and O–H groups in total. The Balaban J connectivity index is 1.90. The van der Waals surface area contributed by atoms with Crippen molar-refractivity contribution in [2.45, 2.75) is 25.3 Å². The summed E-state index contributed by atoms with van der Waals surface area (Å²) in [5.74, 6) is -0.349. The summed E-state index contributed by atoms with van der Waals surface area (Å²) in [7, 11) is 0. The average molecular weight is 345 g/mol. The Kier molecular flexibility index (Phi) is 5.81. The van der Waals surface area contributed by atoms with Crippen LogP contribution in [0.4, 0.5) is 5.69 Å². The van der Waals surface area contributed by atoms with Crippen molar-refractivity contribution in [3.05, 3.63) is 63.2 Å². The number of carbonyl (C=O) groups is 1. The molecule has 0 aliphatic rings. The van der Waals surface area contributed by atoms with E-state index in [1.165, 1.54) is 23.4 Å². The van der Waals surface area contributed by atoms with E-state index in [2.05, 4.69) is 5.32 Å². The zero-order valence-corrected chi connectivity index (χ0v) is 14.2. The van der Waals surface area contributed by atoms with Crippen LogP contribution < -0.4 is 10.4 Å². The van der Waals surface area contributed by atoms with E-state index in [1.54, 1.807) is 0 Å². The number of nitro benzene ring substituents is 1. The number of rotatable bonds is 6. The average Bonchev–Trinajstić information content (AvgIpc) is 2.55. The van der Waals surface area contributed by atoms with Crippen LogP contribution in [-0.2, 0) is 11.3 Å². The molecular formula is C17H17N2O4S-. The van der Waals surface area contributed by atoms with E-state index in [1.807, 2.05) is 32.0 Å². The lowest BCUT2D eigenvalue weighted by Gasteiger charge is -2.13. The highest BCUT2D eigenvalue weighted by molar-refractivity contribution is 8.00. The van der Waals surface area contributed by atoms with Gasteiger partial charge in [-0.2, -0.15) is 0 Å². The van der Waals surface area contributed by atoms with Crippen molar-refractivity contribution >= 4 is 23.4 Å². The number of non-ortho nitro benzene ring substituents is 1. The van der Waals surface area contributed by atoms with Gasteiger partial charge in [-0.25, -0.2) is 0 Å². The molecule has 0 saturated heterocycles. The smallest absolute Gasteiger partial charge is 0.269 e. The van der Waals surface area contributed by atoms with E-state index >= 15 is 0 Å². The van der Waals surface area contributed by atoms with Crippen molar-refractivity contribution < 1.29 is 14.8 Å². The van der Waals surface area contributed by atoms with Crippen LogP contribution in [0.25, 0.3) is 0 Å². The number of aryl methyl sites for hydroxylation is 2. The Bertz CT molecular complexity index is 777. The van der Waals surface area contributed by atoms with Crippen LogP contribution >= 0.6 is 11.8 Å². The number of benzene rings is 2. The summed E-state index contributed by atoms with van der Waals surface area (Å²) < 4.78 is 0. The first-order valence-corrected chi connectivity index (χ1v) is 8.26. The molecule has 0 aliphatic heterocycles. The molecule has 0 fully saturated rings. The fourth-order valence-corrected chi connectivity index (χ4v) is 2.84. The quantitative estimate of drug-likeness (QED) is 0.493. The van der Waals surface area contributed by atoms with E-state index < -0.39 is 4.92 Å². The number of thioether (sulfide) groups is 1. The van der Waals surface area contributed by atoms with Crippen LogP contribution in [-0.4, -0.2) is 16.6 Å². The van der Waals surface area contributed by atoms with Crippen LogP contribution in [0.3, 0.4) is 0 Å². The topological polar surface area (TPSA) is 95.3 Å². The fourth-order valence-electron chi connectivity index (χ4n) is 2.01. The monoisotopic (exact) mass is 345 g/mol. The highest BCUT2D eigenvalue weighted by Crippen LogP contribution is 2.22. The first-order valence-electron chi connectivity index (χ1n) is 7.28. The molecule has 0 aliphatic carbocycles. The molecule has 0 spiro atoms. The van der Waals surface area contributed by atoms with E-state index in [-0.39, 0.29) is 35.2 Å².